The molecule has 0 heterocycles. The maximum absolute atomic E-state index is 12.8. The Bertz CT molecular complexity index is 699. The van der Waals surface area contributed by atoms with Crippen LogP contribution in [0.5, 0.6) is 0 Å². The normalized spacial score (nSPS) is 12.7. The van der Waals surface area contributed by atoms with E-state index in [-0.39, 0.29) is 11.9 Å². The number of carbonyl (C=O) groups is 3. The maximum atomic E-state index is 12.8. The monoisotopic (exact) mass is 406 g/mol. The Hall–Kier alpha value is -2.57. The van der Waals surface area contributed by atoms with E-state index in [4.69, 9.17) is 9.47 Å². The Balaban J connectivity index is 2.74. The number of amides is 2. The summed E-state index contributed by atoms with van der Waals surface area (Å²) in [6.07, 6.45) is 0.241. The fourth-order valence-corrected chi connectivity index (χ4v) is 2.55. The molecule has 7 nitrogen and oxygen atoms in total. The van der Waals surface area contributed by atoms with Crippen LogP contribution in [0, 0.1) is 5.41 Å². The van der Waals surface area contributed by atoms with Gasteiger partial charge >= 0.3 is 12.1 Å². The van der Waals surface area contributed by atoms with Gasteiger partial charge in [-0.05, 0) is 57.2 Å². The van der Waals surface area contributed by atoms with Gasteiger partial charge in [0.15, 0.2) is 0 Å². The minimum Gasteiger partial charge on any atom is -0.466 e. The van der Waals surface area contributed by atoms with E-state index in [1.807, 2.05) is 32.9 Å². The summed E-state index contributed by atoms with van der Waals surface area (Å²) in [5, 5.41) is 5.49. The van der Waals surface area contributed by atoms with E-state index >= 15 is 0 Å². The summed E-state index contributed by atoms with van der Waals surface area (Å²) in [5.41, 5.74) is 0.411. The van der Waals surface area contributed by atoms with Gasteiger partial charge in [-0.15, -0.1) is 0 Å². The largest absolute Gasteiger partial charge is 0.466 e. The van der Waals surface area contributed by atoms with Crippen LogP contribution in [0.3, 0.4) is 0 Å². The fourth-order valence-electron chi connectivity index (χ4n) is 2.55. The van der Waals surface area contributed by atoms with E-state index in [9.17, 15) is 14.4 Å². The van der Waals surface area contributed by atoms with Crippen molar-refractivity contribution >= 4 is 23.7 Å². The average Bonchev–Trinajstić information content (AvgIpc) is 2.57. The van der Waals surface area contributed by atoms with Crippen LogP contribution in [-0.2, 0) is 25.5 Å². The SMILES string of the molecule is CCOC(=O)CCc1ccc(NC(=O)[C@@H](NC(=O)OC(C)(C)C)C(C)(C)C)cc1. The number of hydrogen-bond acceptors (Lipinski definition) is 5. The van der Waals surface area contributed by atoms with Gasteiger partial charge in [0.2, 0.25) is 5.91 Å². The van der Waals surface area contributed by atoms with Crippen LogP contribution in [0.15, 0.2) is 24.3 Å². The molecule has 162 valence electrons. The van der Waals surface area contributed by atoms with E-state index < -0.39 is 23.2 Å². The van der Waals surface area contributed by atoms with E-state index in [0.717, 1.165) is 5.56 Å². The van der Waals surface area contributed by atoms with Gasteiger partial charge in [0.25, 0.3) is 0 Å². The highest BCUT2D eigenvalue weighted by molar-refractivity contribution is 5.97. The summed E-state index contributed by atoms with van der Waals surface area (Å²) in [7, 11) is 0. The van der Waals surface area contributed by atoms with E-state index in [2.05, 4.69) is 10.6 Å². The molecule has 0 aliphatic heterocycles. The second kappa shape index (κ2) is 10.3. The van der Waals surface area contributed by atoms with Crippen LogP contribution in [0.2, 0.25) is 0 Å². The molecular weight excluding hydrogens is 372 g/mol. The number of anilines is 1. The van der Waals surface area contributed by atoms with Crippen molar-refractivity contribution < 1.29 is 23.9 Å². The van der Waals surface area contributed by atoms with Crippen LogP contribution in [-0.4, -0.2) is 36.2 Å². The third-order valence-corrected chi connectivity index (χ3v) is 3.93. The Morgan fingerprint density at radius 3 is 2.07 bits per heavy atom. The predicted octanol–water partition coefficient (Wildman–Crippen LogP) is 4.06. The van der Waals surface area contributed by atoms with E-state index in [1.54, 1.807) is 39.8 Å². The molecule has 0 spiro atoms. The number of esters is 1. The topological polar surface area (TPSA) is 93.7 Å². The summed E-state index contributed by atoms with van der Waals surface area (Å²) in [5.74, 6) is -0.561. The molecule has 7 heteroatoms. The maximum Gasteiger partial charge on any atom is 0.408 e. The first-order valence-corrected chi connectivity index (χ1v) is 9.87. The lowest BCUT2D eigenvalue weighted by Crippen LogP contribution is -2.52. The number of ether oxygens (including phenoxy) is 2. The lowest BCUT2D eigenvalue weighted by Gasteiger charge is -2.31. The number of nitrogens with one attached hydrogen (secondary N) is 2. The van der Waals surface area contributed by atoms with Crippen molar-refractivity contribution in [3.8, 4) is 0 Å². The molecule has 0 saturated carbocycles. The molecule has 0 fully saturated rings. The van der Waals surface area contributed by atoms with Gasteiger partial charge in [-0.3, -0.25) is 9.59 Å². The Morgan fingerprint density at radius 1 is 1.00 bits per heavy atom. The fraction of sp³-hybridized carbons (Fsp3) is 0.591. The highest BCUT2D eigenvalue weighted by Crippen LogP contribution is 2.22. The van der Waals surface area contributed by atoms with Gasteiger partial charge in [-0.2, -0.15) is 0 Å². The van der Waals surface area contributed by atoms with Crippen molar-refractivity contribution in [1.29, 1.82) is 0 Å². The van der Waals surface area contributed by atoms with Crippen LogP contribution in [0.4, 0.5) is 10.5 Å². The molecule has 1 rings (SSSR count). The Kier molecular flexibility index (Phi) is 8.67. The van der Waals surface area contributed by atoms with Crippen LogP contribution in [0.1, 0.15) is 60.5 Å². The molecule has 0 unspecified atom stereocenters. The van der Waals surface area contributed by atoms with Crippen molar-refractivity contribution in [2.75, 3.05) is 11.9 Å². The third kappa shape index (κ3) is 9.45. The van der Waals surface area contributed by atoms with Gasteiger partial charge < -0.3 is 20.1 Å². The van der Waals surface area contributed by atoms with Crippen LogP contribution < -0.4 is 10.6 Å². The zero-order valence-corrected chi connectivity index (χ0v) is 18.5. The number of alkyl carbamates (subject to hydrolysis) is 1. The summed E-state index contributed by atoms with van der Waals surface area (Å²) in [6.45, 7) is 13.0. The predicted molar refractivity (Wildman–Crippen MR) is 113 cm³/mol. The molecule has 1 aromatic rings. The number of benzene rings is 1. The van der Waals surface area contributed by atoms with Crippen molar-refractivity contribution in [1.82, 2.24) is 5.32 Å². The standard InChI is InChI=1S/C22H34N2O5/c1-8-28-17(25)14-11-15-9-12-16(13-10-15)23-19(26)18(21(2,3)4)24-20(27)29-22(5,6)7/h9-10,12-13,18H,8,11,14H2,1-7H3,(H,23,26)(H,24,27)/t18-/m1/s1. The van der Waals surface area contributed by atoms with E-state index in [1.165, 1.54) is 0 Å². The molecule has 0 saturated heterocycles. The van der Waals surface area contributed by atoms with Crippen molar-refractivity contribution in [3.63, 3.8) is 0 Å². The van der Waals surface area contributed by atoms with Crippen molar-refractivity contribution in [2.24, 2.45) is 5.41 Å². The molecule has 0 bridgehead atoms. The molecule has 0 aliphatic carbocycles. The summed E-state index contributed by atoms with van der Waals surface area (Å²) >= 11 is 0. The highest BCUT2D eigenvalue weighted by atomic mass is 16.6. The first-order valence-electron chi connectivity index (χ1n) is 9.87. The quantitative estimate of drug-likeness (QED) is 0.666. The average molecular weight is 407 g/mol. The third-order valence-electron chi connectivity index (χ3n) is 3.93. The van der Waals surface area contributed by atoms with Crippen LogP contribution >= 0.6 is 0 Å². The number of aryl methyl sites for hydroxylation is 1. The lowest BCUT2D eigenvalue weighted by atomic mass is 9.86. The minimum atomic E-state index is -0.777. The second-order valence-electron chi connectivity index (χ2n) is 8.94. The first-order chi connectivity index (χ1) is 13.3. The highest BCUT2D eigenvalue weighted by Gasteiger charge is 2.34. The zero-order valence-electron chi connectivity index (χ0n) is 18.5. The second-order valence-corrected chi connectivity index (χ2v) is 8.94. The lowest BCUT2D eigenvalue weighted by molar-refractivity contribution is -0.143. The zero-order chi connectivity index (χ0) is 22.2. The van der Waals surface area contributed by atoms with Gasteiger partial charge in [-0.1, -0.05) is 32.9 Å². The Labute approximate surface area is 173 Å². The van der Waals surface area contributed by atoms with Gasteiger partial charge in [0, 0.05) is 12.1 Å². The molecule has 0 aliphatic rings. The minimum absolute atomic E-state index is 0.230. The van der Waals surface area contributed by atoms with Crippen LogP contribution in [0.25, 0.3) is 0 Å². The van der Waals surface area contributed by atoms with Crippen molar-refractivity contribution in [2.45, 2.75) is 73.0 Å². The number of carbonyl (C=O) groups excluding carboxylic acids is 3. The molecule has 2 N–H and O–H groups in total. The number of hydrogen-bond donors (Lipinski definition) is 2. The molecule has 0 radical (unpaired) electrons. The summed E-state index contributed by atoms with van der Waals surface area (Å²) in [6, 6.07) is 6.46. The molecule has 1 atom stereocenters. The molecular formula is C22H34N2O5. The van der Waals surface area contributed by atoms with Gasteiger partial charge in [-0.25, -0.2) is 4.79 Å². The first kappa shape index (κ1) is 24.5. The Morgan fingerprint density at radius 2 is 1.59 bits per heavy atom. The summed E-state index contributed by atoms with van der Waals surface area (Å²) in [4.78, 5) is 36.4. The molecule has 2 amide bonds. The smallest absolute Gasteiger partial charge is 0.408 e. The van der Waals surface area contributed by atoms with Crippen molar-refractivity contribution in [3.05, 3.63) is 29.8 Å². The van der Waals surface area contributed by atoms with Gasteiger partial charge in [0.1, 0.15) is 11.6 Å². The summed E-state index contributed by atoms with van der Waals surface area (Å²) < 4.78 is 10.2. The molecule has 29 heavy (non-hydrogen) atoms. The van der Waals surface area contributed by atoms with E-state index in [0.29, 0.717) is 25.1 Å². The molecule has 1 aromatic carbocycles. The van der Waals surface area contributed by atoms with Gasteiger partial charge in [0.05, 0.1) is 6.61 Å². The number of rotatable bonds is 7. The molecule has 0 aromatic heterocycles.